The normalized spacial score (nSPS) is 25.2. The number of likely N-dealkylation sites (tertiary alicyclic amines) is 1. The highest BCUT2D eigenvalue weighted by atomic mass is 35.5. The molecule has 0 unspecified atom stereocenters. The Morgan fingerprint density at radius 2 is 1.77 bits per heavy atom. The molecule has 0 bridgehead atoms. The van der Waals surface area contributed by atoms with E-state index < -0.39 is 29.0 Å². The molecule has 2 aromatic carbocycles. The number of rotatable bonds is 9. The number of nitrogens with zero attached hydrogens (tertiary/aromatic N) is 3. The van der Waals surface area contributed by atoms with Gasteiger partial charge in [0, 0.05) is 46.8 Å². The lowest BCUT2D eigenvalue weighted by Crippen LogP contribution is -2.63. The van der Waals surface area contributed by atoms with E-state index in [1.165, 1.54) is 29.8 Å². The number of fused-ring (bicyclic) bond motifs is 3. The van der Waals surface area contributed by atoms with Crippen molar-refractivity contribution in [3.05, 3.63) is 87.7 Å². The molecule has 12 heteroatoms. The van der Waals surface area contributed by atoms with Crippen LogP contribution in [-0.4, -0.2) is 66.2 Å². The van der Waals surface area contributed by atoms with Gasteiger partial charge in [-0.2, -0.15) is 13.2 Å². The number of methoxy groups -OCH3 is 1. The largest absolute Gasteiger partial charge is 0.493 e. The zero-order chi connectivity index (χ0) is 39.8. The van der Waals surface area contributed by atoms with Crippen molar-refractivity contribution < 1.29 is 37.0 Å². The summed E-state index contributed by atoms with van der Waals surface area (Å²) in [5, 5.41) is 0.128. The fourth-order valence-electron chi connectivity index (χ4n) is 10.3. The molecule has 3 atom stereocenters. The second kappa shape index (κ2) is 16.0. The van der Waals surface area contributed by atoms with Crippen LogP contribution in [0.2, 0.25) is 5.02 Å². The highest BCUT2D eigenvalue weighted by Gasteiger charge is 2.60. The molecule has 1 saturated heterocycles. The molecule has 3 aliphatic carbocycles. The second-order valence-electron chi connectivity index (χ2n) is 16.5. The zero-order valence-electron chi connectivity index (χ0n) is 32.4. The Kier molecular flexibility index (Phi) is 11.5. The van der Waals surface area contributed by atoms with Gasteiger partial charge in [-0.1, -0.05) is 37.6 Å². The molecule has 1 aromatic heterocycles. The summed E-state index contributed by atoms with van der Waals surface area (Å²) in [6.45, 7) is 6.25. The number of esters is 1. The SMILES string of the molecule is COC(=O)C1(N(C(=O)C(F)(F)F)c2cccc(Cl)c2)CCC2(CC1)c1cc(C(=O)N3CCCCC3)ccc1C[C@@H]2C[C@@H](C)COc1ccnc2c1[C@H](C)CCC2. The van der Waals surface area contributed by atoms with Gasteiger partial charge in [-0.25, -0.2) is 4.79 Å². The minimum atomic E-state index is -5.27. The molecule has 8 nitrogen and oxygen atoms in total. The monoisotopic (exact) mass is 793 g/mol. The van der Waals surface area contributed by atoms with Gasteiger partial charge in [-0.3, -0.25) is 19.5 Å². The van der Waals surface area contributed by atoms with Crippen LogP contribution in [0.25, 0.3) is 0 Å². The summed E-state index contributed by atoms with van der Waals surface area (Å²) in [6.07, 6.45) is 4.57. The summed E-state index contributed by atoms with van der Waals surface area (Å²) >= 11 is 6.25. The van der Waals surface area contributed by atoms with Gasteiger partial charge in [0.25, 0.3) is 5.91 Å². The molecule has 0 radical (unpaired) electrons. The molecular weight excluding hydrogens is 743 g/mol. The van der Waals surface area contributed by atoms with Crippen molar-refractivity contribution in [1.82, 2.24) is 9.88 Å². The predicted molar refractivity (Wildman–Crippen MR) is 208 cm³/mol. The first-order valence-corrected chi connectivity index (χ1v) is 20.4. The molecule has 2 amide bonds. The average Bonchev–Trinajstić information content (AvgIpc) is 3.48. The Morgan fingerprint density at radius 3 is 2.46 bits per heavy atom. The van der Waals surface area contributed by atoms with E-state index in [9.17, 15) is 27.6 Å². The lowest BCUT2D eigenvalue weighted by atomic mass is 9.59. The first-order valence-electron chi connectivity index (χ1n) is 20.1. The maximum atomic E-state index is 14.4. The maximum Gasteiger partial charge on any atom is 0.471 e. The van der Waals surface area contributed by atoms with Gasteiger partial charge in [-0.15, -0.1) is 0 Å². The van der Waals surface area contributed by atoms with Gasteiger partial charge in [-0.05, 0) is 148 Å². The zero-order valence-corrected chi connectivity index (χ0v) is 33.2. The van der Waals surface area contributed by atoms with Crippen LogP contribution in [-0.2, 0) is 32.6 Å². The Bertz CT molecular complexity index is 1960. The van der Waals surface area contributed by atoms with E-state index in [4.69, 9.17) is 21.1 Å². The fraction of sp³-hybridized carbons (Fsp3) is 0.545. The lowest BCUT2D eigenvalue weighted by molar-refractivity contribution is -0.174. The number of carbonyl (C=O) groups excluding carboxylic acids is 3. The minimum Gasteiger partial charge on any atom is -0.493 e. The molecule has 300 valence electrons. The average molecular weight is 794 g/mol. The van der Waals surface area contributed by atoms with Crippen molar-refractivity contribution in [3.8, 4) is 5.75 Å². The van der Waals surface area contributed by atoms with Crippen molar-refractivity contribution in [3.63, 3.8) is 0 Å². The van der Waals surface area contributed by atoms with Gasteiger partial charge in [0.15, 0.2) is 0 Å². The number of anilines is 1. The third kappa shape index (κ3) is 7.52. The van der Waals surface area contributed by atoms with Crippen LogP contribution in [0.5, 0.6) is 5.75 Å². The van der Waals surface area contributed by atoms with Crippen LogP contribution in [0, 0.1) is 11.8 Å². The number of pyridine rings is 1. The van der Waals surface area contributed by atoms with Gasteiger partial charge in [0.1, 0.15) is 11.3 Å². The van der Waals surface area contributed by atoms with E-state index in [0.717, 1.165) is 74.6 Å². The van der Waals surface area contributed by atoms with E-state index in [2.05, 4.69) is 18.8 Å². The van der Waals surface area contributed by atoms with Crippen LogP contribution in [0.3, 0.4) is 0 Å². The molecule has 1 saturated carbocycles. The van der Waals surface area contributed by atoms with Gasteiger partial charge in [0.2, 0.25) is 0 Å². The predicted octanol–water partition coefficient (Wildman–Crippen LogP) is 9.40. The molecule has 0 N–H and O–H groups in total. The van der Waals surface area contributed by atoms with Crippen molar-refractivity contribution in [1.29, 1.82) is 0 Å². The number of hydrogen-bond donors (Lipinski definition) is 0. The second-order valence-corrected chi connectivity index (χ2v) is 17.0. The van der Waals surface area contributed by atoms with Crippen LogP contribution in [0.4, 0.5) is 18.9 Å². The maximum absolute atomic E-state index is 14.4. The summed E-state index contributed by atoms with van der Waals surface area (Å²) in [7, 11) is 1.14. The minimum absolute atomic E-state index is 0.0228. The molecule has 7 rings (SSSR count). The van der Waals surface area contributed by atoms with Crippen molar-refractivity contribution in [2.75, 3.05) is 31.7 Å². The third-order valence-electron chi connectivity index (χ3n) is 13.0. The molecule has 2 fully saturated rings. The Morgan fingerprint density at radius 1 is 1.02 bits per heavy atom. The first-order chi connectivity index (χ1) is 26.8. The van der Waals surface area contributed by atoms with Gasteiger partial charge < -0.3 is 14.4 Å². The number of aromatic nitrogens is 1. The number of piperidine rings is 1. The summed E-state index contributed by atoms with van der Waals surface area (Å²) in [4.78, 5) is 48.2. The van der Waals surface area contributed by atoms with Gasteiger partial charge >= 0.3 is 18.1 Å². The Labute approximate surface area is 332 Å². The topological polar surface area (TPSA) is 89.0 Å². The lowest BCUT2D eigenvalue weighted by Gasteiger charge is -2.51. The van der Waals surface area contributed by atoms with Crippen molar-refractivity contribution >= 4 is 35.1 Å². The van der Waals surface area contributed by atoms with E-state index in [1.807, 2.05) is 35.4 Å². The molecule has 1 aliphatic heterocycles. The number of amides is 2. The molecule has 2 heterocycles. The van der Waals surface area contributed by atoms with E-state index in [-0.39, 0.29) is 41.3 Å². The molecular formula is C44H51ClF3N3O5. The van der Waals surface area contributed by atoms with E-state index >= 15 is 0 Å². The first kappa shape index (κ1) is 40.1. The highest BCUT2D eigenvalue weighted by molar-refractivity contribution is 6.31. The number of ether oxygens (including phenoxy) is 2. The number of aryl methyl sites for hydroxylation is 1. The molecule has 4 aliphatic rings. The Balaban J connectivity index is 1.23. The van der Waals surface area contributed by atoms with Crippen LogP contribution in [0.1, 0.15) is 117 Å². The van der Waals surface area contributed by atoms with E-state index in [1.54, 1.807) is 0 Å². The van der Waals surface area contributed by atoms with Crippen molar-refractivity contribution in [2.24, 2.45) is 11.8 Å². The summed E-state index contributed by atoms with van der Waals surface area (Å²) in [6, 6.07) is 13.5. The third-order valence-corrected chi connectivity index (χ3v) is 13.3. The number of alkyl halides is 3. The molecule has 3 aromatic rings. The summed E-state index contributed by atoms with van der Waals surface area (Å²) < 4.78 is 55.1. The van der Waals surface area contributed by atoms with Crippen LogP contribution < -0.4 is 9.64 Å². The number of hydrogen-bond acceptors (Lipinski definition) is 6. The fourth-order valence-corrected chi connectivity index (χ4v) is 10.5. The van der Waals surface area contributed by atoms with Gasteiger partial charge in [0.05, 0.1) is 13.7 Å². The molecule has 1 spiro atoms. The smallest absolute Gasteiger partial charge is 0.471 e. The summed E-state index contributed by atoms with van der Waals surface area (Å²) in [5.74, 6) is -1.72. The van der Waals surface area contributed by atoms with E-state index in [0.29, 0.717) is 55.3 Å². The molecule has 56 heavy (non-hydrogen) atoms. The number of carbonyl (C=O) groups is 3. The standard InChI is InChI=1S/C44H51ClF3N3O5/c1-28(27-56-37-15-20-49-36-12-7-9-29(2)38(36)37)23-32-24-30-13-14-31(39(52)50-21-5-4-6-22-50)25-35(30)42(32)16-18-43(19-17-42,41(54)55-3)51(40(53)44(46,47)48)34-11-8-10-33(45)26-34/h8,10-11,13-15,20,25-26,28-29,32H,4-7,9,12,16-19,21-24,27H2,1-3H3/t28-,29-,32+,42?,43?/m1/s1. The number of benzene rings is 2. The highest BCUT2D eigenvalue weighted by Crippen LogP contribution is 2.57. The summed E-state index contributed by atoms with van der Waals surface area (Å²) in [5.41, 5.74) is 2.33. The Hall–Kier alpha value is -4.12. The van der Waals surface area contributed by atoms with Crippen LogP contribution in [0.15, 0.2) is 54.7 Å². The quantitative estimate of drug-likeness (QED) is 0.201. The number of halogens is 4. The van der Waals surface area contributed by atoms with Crippen LogP contribution >= 0.6 is 11.6 Å². The van der Waals surface area contributed by atoms with Crippen molar-refractivity contribution in [2.45, 2.75) is 114 Å².